The van der Waals surface area contributed by atoms with E-state index in [1.54, 1.807) is 26.4 Å². The minimum atomic E-state index is -2.09. The minimum Gasteiger partial charge on any atom is -0.398 e. The van der Waals surface area contributed by atoms with Gasteiger partial charge in [-0.1, -0.05) is 12.1 Å². The first-order valence-electron chi connectivity index (χ1n) is 6.49. The standard InChI is InChI=1S/C14H18O5Si/c1-17-20(3,18-2)9-5-7-10-6-4-8-11-12(10)14(16)19-13(11)15/h4,6,8H,5,7,9H2,1-3H3. The Morgan fingerprint density at radius 3 is 2.50 bits per heavy atom. The second-order valence-corrected chi connectivity index (χ2v) is 8.50. The van der Waals surface area contributed by atoms with Gasteiger partial charge in [0.15, 0.2) is 0 Å². The van der Waals surface area contributed by atoms with Gasteiger partial charge < -0.3 is 13.6 Å². The Kier molecular flexibility index (Phi) is 4.37. The highest BCUT2D eigenvalue weighted by atomic mass is 28.4. The Hall–Kier alpha value is -1.50. The molecule has 0 saturated heterocycles. The largest absolute Gasteiger partial charge is 0.398 e. The van der Waals surface area contributed by atoms with Crippen LogP contribution >= 0.6 is 0 Å². The average molecular weight is 294 g/mol. The van der Waals surface area contributed by atoms with Crippen LogP contribution in [-0.2, 0) is 20.0 Å². The number of cyclic esters (lactones) is 2. The van der Waals surface area contributed by atoms with Gasteiger partial charge in [0, 0.05) is 14.2 Å². The van der Waals surface area contributed by atoms with Crippen molar-refractivity contribution in [2.24, 2.45) is 0 Å². The first-order valence-corrected chi connectivity index (χ1v) is 9.02. The van der Waals surface area contributed by atoms with Crippen LogP contribution in [0.5, 0.6) is 0 Å². The van der Waals surface area contributed by atoms with E-state index < -0.39 is 20.5 Å². The number of ether oxygens (including phenoxy) is 1. The van der Waals surface area contributed by atoms with Crippen molar-refractivity contribution in [3.05, 3.63) is 34.9 Å². The van der Waals surface area contributed by atoms with E-state index >= 15 is 0 Å². The third kappa shape index (κ3) is 2.82. The molecule has 0 saturated carbocycles. The Labute approximate surface area is 119 Å². The molecule has 1 heterocycles. The molecular weight excluding hydrogens is 276 g/mol. The van der Waals surface area contributed by atoms with Gasteiger partial charge in [-0.25, -0.2) is 9.59 Å². The summed E-state index contributed by atoms with van der Waals surface area (Å²) in [7, 11) is 1.23. The Bertz CT molecular complexity index is 536. The Balaban J connectivity index is 2.09. The lowest BCUT2D eigenvalue weighted by Crippen LogP contribution is -2.35. The van der Waals surface area contributed by atoms with Crippen molar-refractivity contribution in [3.8, 4) is 0 Å². The van der Waals surface area contributed by atoms with Crippen LogP contribution in [-0.4, -0.2) is 34.7 Å². The quantitative estimate of drug-likeness (QED) is 0.457. The molecule has 20 heavy (non-hydrogen) atoms. The highest BCUT2D eigenvalue weighted by Gasteiger charge is 2.32. The van der Waals surface area contributed by atoms with E-state index in [9.17, 15) is 9.59 Å². The van der Waals surface area contributed by atoms with Gasteiger partial charge >= 0.3 is 20.5 Å². The smallest absolute Gasteiger partial charge is 0.347 e. The predicted octanol–water partition coefficient (Wildman–Crippen LogP) is 2.29. The van der Waals surface area contributed by atoms with Crippen LogP contribution in [0, 0.1) is 0 Å². The van der Waals surface area contributed by atoms with E-state index in [1.807, 2.05) is 12.6 Å². The number of fused-ring (bicyclic) bond motifs is 1. The highest BCUT2D eigenvalue weighted by Crippen LogP contribution is 2.25. The fourth-order valence-corrected chi connectivity index (χ4v) is 3.69. The fraction of sp³-hybridized carbons (Fsp3) is 0.429. The summed E-state index contributed by atoms with van der Waals surface area (Å²) in [5.41, 5.74) is 1.63. The van der Waals surface area contributed by atoms with Crippen molar-refractivity contribution in [1.29, 1.82) is 0 Å². The van der Waals surface area contributed by atoms with Gasteiger partial charge in [0.2, 0.25) is 0 Å². The van der Waals surface area contributed by atoms with Crippen molar-refractivity contribution in [1.82, 2.24) is 0 Å². The number of benzene rings is 1. The lowest BCUT2D eigenvalue weighted by atomic mass is 9.99. The molecular formula is C14H18O5Si. The van der Waals surface area contributed by atoms with Gasteiger partial charge in [-0.15, -0.1) is 0 Å². The molecule has 0 aromatic heterocycles. The van der Waals surface area contributed by atoms with Crippen molar-refractivity contribution >= 4 is 20.5 Å². The SMILES string of the molecule is CO[Si](C)(CCCc1cccc2c1C(=O)OC2=O)OC. The number of carbonyl (C=O) groups is 2. The first kappa shape index (κ1) is 14.9. The zero-order chi connectivity index (χ0) is 14.8. The summed E-state index contributed by atoms with van der Waals surface area (Å²) >= 11 is 0. The van der Waals surface area contributed by atoms with Crippen LogP contribution in [0.15, 0.2) is 18.2 Å². The zero-order valence-electron chi connectivity index (χ0n) is 11.9. The van der Waals surface area contributed by atoms with E-state index in [2.05, 4.69) is 4.74 Å². The van der Waals surface area contributed by atoms with Crippen LogP contribution < -0.4 is 0 Å². The summed E-state index contributed by atoms with van der Waals surface area (Å²) in [6.45, 7) is 2.00. The number of rotatable bonds is 6. The van der Waals surface area contributed by atoms with Crippen LogP contribution in [0.2, 0.25) is 12.6 Å². The van der Waals surface area contributed by atoms with Crippen molar-refractivity contribution in [3.63, 3.8) is 0 Å². The maximum Gasteiger partial charge on any atom is 0.347 e. The van der Waals surface area contributed by atoms with Gasteiger partial charge in [0.25, 0.3) is 0 Å². The van der Waals surface area contributed by atoms with E-state index in [4.69, 9.17) is 8.85 Å². The van der Waals surface area contributed by atoms with Gasteiger partial charge in [-0.2, -0.15) is 0 Å². The van der Waals surface area contributed by atoms with Gasteiger partial charge in [0.05, 0.1) is 11.1 Å². The number of hydrogen-bond acceptors (Lipinski definition) is 5. The van der Waals surface area contributed by atoms with Crippen molar-refractivity contribution in [2.75, 3.05) is 14.2 Å². The maximum absolute atomic E-state index is 11.7. The molecule has 0 unspecified atom stereocenters. The monoisotopic (exact) mass is 294 g/mol. The molecule has 1 aliphatic heterocycles. The number of esters is 2. The summed E-state index contributed by atoms with van der Waals surface area (Å²) < 4.78 is 15.5. The first-order chi connectivity index (χ1) is 9.50. The number of hydrogen-bond donors (Lipinski definition) is 0. The molecule has 5 nitrogen and oxygen atoms in total. The fourth-order valence-electron chi connectivity index (χ4n) is 2.30. The second kappa shape index (κ2) is 5.86. The van der Waals surface area contributed by atoms with E-state index in [-0.39, 0.29) is 0 Å². The van der Waals surface area contributed by atoms with Crippen LogP contribution in [0.1, 0.15) is 32.7 Å². The van der Waals surface area contributed by atoms with Crippen LogP contribution in [0.3, 0.4) is 0 Å². The molecule has 2 rings (SSSR count). The molecule has 6 heteroatoms. The zero-order valence-corrected chi connectivity index (χ0v) is 12.9. The number of aryl methyl sites for hydroxylation is 1. The van der Waals surface area contributed by atoms with Gasteiger partial charge in [-0.3, -0.25) is 0 Å². The van der Waals surface area contributed by atoms with Crippen LogP contribution in [0.25, 0.3) is 0 Å². The molecule has 0 aliphatic carbocycles. The Morgan fingerprint density at radius 2 is 1.85 bits per heavy atom. The maximum atomic E-state index is 11.7. The molecule has 0 amide bonds. The molecule has 1 aromatic rings. The number of carbonyl (C=O) groups excluding carboxylic acids is 2. The molecule has 108 valence electrons. The van der Waals surface area contributed by atoms with Gasteiger partial charge in [0.1, 0.15) is 0 Å². The van der Waals surface area contributed by atoms with Crippen molar-refractivity contribution in [2.45, 2.75) is 25.4 Å². The molecule has 0 atom stereocenters. The topological polar surface area (TPSA) is 61.8 Å². The summed E-state index contributed by atoms with van der Waals surface area (Å²) in [5, 5.41) is 0. The lowest BCUT2D eigenvalue weighted by Gasteiger charge is -2.22. The van der Waals surface area contributed by atoms with Crippen LogP contribution in [0.4, 0.5) is 0 Å². The third-order valence-corrected chi connectivity index (χ3v) is 6.69. The van der Waals surface area contributed by atoms with E-state index in [1.165, 1.54) is 0 Å². The Morgan fingerprint density at radius 1 is 1.15 bits per heavy atom. The predicted molar refractivity (Wildman–Crippen MR) is 75.0 cm³/mol. The average Bonchev–Trinajstić information content (AvgIpc) is 2.75. The normalized spacial score (nSPS) is 14.3. The molecule has 1 aliphatic rings. The van der Waals surface area contributed by atoms with Crippen molar-refractivity contribution < 1.29 is 23.2 Å². The van der Waals surface area contributed by atoms with E-state index in [0.717, 1.165) is 18.0 Å². The molecule has 0 N–H and O–H groups in total. The molecule has 0 radical (unpaired) electrons. The lowest BCUT2D eigenvalue weighted by molar-refractivity contribution is 0.0443. The second-order valence-electron chi connectivity index (χ2n) is 4.91. The third-order valence-electron chi connectivity index (χ3n) is 3.70. The highest BCUT2D eigenvalue weighted by molar-refractivity contribution is 6.65. The molecule has 0 spiro atoms. The summed E-state index contributed by atoms with van der Waals surface area (Å²) in [6.07, 6.45) is 1.53. The molecule has 0 bridgehead atoms. The van der Waals surface area contributed by atoms with Gasteiger partial charge in [-0.05, 0) is 37.1 Å². The minimum absolute atomic E-state index is 0.367. The summed E-state index contributed by atoms with van der Waals surface area (Å²) in [6, 6.07) is 6.08. The molecule has 1 aromatic carbocycles. The summed E-state index contributed by atoms with van der Waals surface area (Å²) in [5.74, 6) is -1.10. The van der Waals surface area contributed by atoms with E-state index in [0.29, 0.717) is 17.5 Å². The summed E-state index contributed by atoms with van der Waals surface area (Å²) in [4.78, 5) is 23.2. The molecule has 0 fully saturated rings.